The molecular weight excluding hydrogens is 278 g/mol. The average Bonchev–Trinajstić information content (AvgIpc) is 2.93. The summed E-state index contributed by atoms with van der Waals surface area (Å²) in [5.74, 6) is 5.80. The van der Waals surface area contributed by atoms with Crippen molar-refractivity contribution in [1.82, 2.24) is 10.4 Å². The zero-order valence-corrected chi connectivity index (χ0v) is 14.1. The molecular formula is C17H25N3S. The second-order valence-corrected chi connectivity index (χ2v) is 7.29. The van der Waals surface area contributed by atoms with Crippen molar-refractivity contribution >= 4 is 11.3 Å². The van der Waals surface area contributed by atoms with Crippen LogP contribution in [0.2, 0.25) is 0 Å². The number of nitrogens with two attached hydrogens (primary N) is 1. The van der Waals surface area contributed by atoms with Crippen molar-refractivity contribution in [2.45, 2.75) is 52.0 Å². The van der Waals surface area contributed by atoms with E-state index in [9.17, 15) is 0 Å². The first-order chi connectivity index (χ1) is 9.95. The highest BCUT2D eigenvalue weighted by Crippen LogP contribution is 2.27. The molecule has 1 heterocycles. The molecule has 0 fully saturated rings. The molecule has 0 amide bonds. The standard InChI is InChI=1S/C17H25N3S/c1-5-12-8-6-7-9-13(12)14(20-18)10-16-19-15(11-21-16)17(2,3)4/h6-9,11,14,20H,5,10,18H2,1-4H3. The van der Waals surface area contributed by atoms with Crippen LogP contribution < -0.4 is 11.3 Å². The minimum atomic E-state index is 0.0989. The van der Waals surface area contributed by atoms with Gasteiger partial charge in [0.1, 0.15) is 0 Å². The summed E-state index contributed by atoms with van der Waals surface area (Å²) in [5, 5.41) is 3.29. The van der Waals surface area contributed by atoms with E-state index in [1.807, 2.05) is 0 Å². The quantitative estimate of drug-likeness (QED) is 0.653. The van der Waals surface area contributed by atoms with Crippen molar-refractivity contribution in [3.8, 4) is 0 Å². The Labute approximate surface area is 131 Å². The number of hydrazine groups is 1. The summed E-state index contributed by atoms with van der Waals surface area (Å²) >= 11 is 1.72. The largest absolute Gasteiger partial charge is 0.271 e. The van der Waals surface area contributed by atoms with E-state index in [4.69, 9.17) is 10.8 Å². The van der Waals surface area contributed by atoms with E-state index in [1.165, 1.54) is 11.1 Å². The van der Waals surface area contributed by atoms with Crippen LogP contribution in [0.3, 0.4) is 0 Å². The molecule has 21 heavy (non-hydrogen) atoms. The number of rotatable bonds is 5. The maximum absolute atomic E-state index is 5.80. The van der Waals surface area contributed by atoms with Gasteiger partial charge in [-0.05, 0) is 17.5 Å². The van der Waals surface area contributed by atoms with E-state index in [0.717, 1.165) is 23.5 Å². The summed E-state index contributed by atoms with van der Waals surface area (Å²) in [6.45, 7) is 8.75. The van der Waals surface area contributed by atoms with Crippen molar-refractivity contribution in [3.63, 3.8) is 0 Å². The normalized spacial score (nSPS) is 13.4. The van der Waals surface area contributed by atoms with E-state index in [0.29, 0.717) is 0 Å². The maximum atomic E-state index is 5.80. The van der Waals surface area contributed by atoms with Gasteiger partial charge >= 0.3 is 0 Å². The lowest BCUT2D eigenvalue weighted by atomic mass is 9.93. The molecule has 0 aliphatic carbocycles. The van der Waals surface area contributed by atoms with Crippen LogP contribution in [0.4, 0.5) is 0 Å². The van der Waals surface area contributed by atoms with Gasteiger partial charge in [-0.15, -0.1) is 11.3 Å². The Kier molecular flexibility index (Phi) is 5.14. The van der Waals surface area contributed by atoms with Crippen molar-refractivity contribution < 1.29 is 0 Å². The van der Waals surface area contributed by atoms with E-state index in [1.54, 1.807) is 11.3 Å². The highest BCUT2D eigenvalue weighted by molar-refractivity contribution is 7.09. The molecule has 0 aliphatic rings. The summed E-state index contributed by atoms with van der Waals surface area (Å²) < 4.78 is 0. The van der Waals surface area contributed by atoms with Gasteiger partial charge < -0.3 is 0 Å². The van der Waals surface area contributed by atoms with Crippen LogP contribution in [0.15, 0.2) is 29.6 Å². The molecule has 1 aromatic carbocycles. The SMILES string of the molecule is CCc1ccccc1C(Cc1nc(C(C)(C)C)cs1)NN. The molecule has 1 atom stereocenters. The number of nitrogens with zero attached hydrogens (tertiary/aromatic N) is 1. The first kappa shape index (κ1) is 16.1. The molecule has 3 nitrogen and oxygen atoms in total. The molecule has 0 saturated heterocycles. The van der Waals surface area contributed by atoms with Crippen LogP contribution in [0, 0.1) is 0 Å². The maximum Gasteiger partial charge on any atom is 0.0948 e. The van der Waals surface area contributed by atoms with E-state index < -0.39 is 0 Å². The zero-order valence-electron chi connectivity index (χ0n) is 13.3. The molecule has 4 heteroatoms. The number of aryl methyl sites for hydroxylation is 1. The minimum Gasteiger partial charge on any atom is -0.271 e. The van der Waals surface area contributed by atoms with Crippen LogP contribution in [0.1, 0.15) is 55.6 Å². The molecule has 0 spiro atoms. The predicted octanol–water partition coefficient (Wildman–Crippen LogP) is 3.75. The number of thiazole rings is 1. The molecule has 3 N–H and O–H groups in total. The van der Waals surface area contributed by atoms with Crippen molar-refractivity contribution in [1.29, 1.82) is 0 Å². The summed E-state index contributed by atoms with van der Waals surface area (Å²) in [6.07, 6.45) is 1.84. The highest BCUT2D eigenvalue weighted by atomic mass is 32.1. The third-order valence-corrected chi connectivity index (χ3v) is 4.58. The number of nitrogens with one attached hydrogen (secondary N) is 1. The number of hydrogen-bond acceptors (Lipinski definition) is 4. The highest BCUT2D eigenvalue weighted by Gasteiger charge is 2.20. The Morgan fingerprint density at radius 2 is 2.00 bits per heavy atom. The predicted molar refractivity (Wildman–Crippen MR) is 90.4 cm³/mol. The first-order valence-corrected chi connectivity index (χ1v) is 8.32. The van der Waals surface area contributed by atoms with E-state index >= 15 is 0 Å². The molecule has 114 valence electrons. The lowest BCUT2D eigenvalue weighted by molar-refractivity contribution is 0.538. The Morgan fingerprint density at radius 3 is 2.57 bits per heavy atom. The summed E-state index contributed by atoms with van der Waals surface area (Å²) in [7, 11) is 0. The average molecular weight is 303 g/mol. The fourth-order valence-corrected chi connectivity index (χ4v) is 3.45. The monoisotopic (exact) mass is 303 g/mol. The van der Waals surface area contributed by atoms with Gasteiger partial charge in [-0.1, -0.05) is 52.0 Å². The minimum absolute atomic E-state index is 0.0989. The van der Waals surface area contributed by atoms with Crippen LogP contribution >= 0.6 is 11.3 Å². The fourth-order valence-electron chi connectivity index (χ4n) is 2.38. The summed E-state index contributed by atoms with van der Waals surface area (Å²) in [6, 6.07) is 8.59. The molecule has 1 unspecified atom stereocenters. The second kappa shape index (κ2) is 6.69. The van der Waals surface area contributed by atoms with Gasteiger partial charge in [-0.25, -0.2) is 4.98 Å². The Bertz CT molecular complexity index is 584. The lowest BCUT2D eigenvalue weighted by Gasteiger charge is -2.18. The number of aromatic nitrogens is 1. The van der Waals surface area contributed by atoms with E-state index in [2.05, 4.69) is 62.8 Å². The molecule has 1 aromatic heterocycles. The molecule has 0 aliphatic heterocycles. The van der Waals surface area contributed by atoms with Gasteiger partial charge in [0.25, 0.3) is 0 Å². The van der Waals surface area contributed by atoms with Crippen LogP contribution in [-0.4, -0.2) is 4.98 Å². The molecule has 0 radical (unpaired) electrons. The smallest absolute Gasteiger partial charge is 0.0948 e. The van der Waals surface area contributed by atoms with Gasteiger partial charge in [0.05, 0.1) is 16.7 Å². The van der Waals surface area contributed by atoms with Gasteiger partial charge in [0, 0.05) is 17.2 Å². The molecule has 0 bridgehead atoms. The van der Waals surface area contributed by atoms with Crippen LogP contribution in [-0.2, 0) is 18.3 Å². The van der Waals surface area contributed by atoms with Crippen molar-refractivity contribution in [2.75, 3.05) is 0 Å². The summed E-state index contributed by atoms with van der Waals surface area (Å²) in [4.78, 5) is 4.77. The van der Waals surface area contributed by atoms with Crippen molar-refractivity contribution in [3.05, 3.63) is 51.5 Å². The molecule has 0 saturated carbocycles. The second-order valence-electron chi connectivity index (χ2n) is 6.35. The Hall–Kier alpha value is -1.23. The van der Waals surface area contributed by atoms with Crippen LogP contribution in [0.25, 0.3) is 0 Å². The molecule has 2 rings (SSSR count). The number of benzene rings is 1. The molecule has 2 aromatic rings. The first-order valence-electron chi connectivity index (χ1n) is 7.44. The van der Waals surface area contributed by atoms with Gasteiger partial charge in [0.2, 0.25) is 0 Å². The topological polar surface area (TPSA) is 50.9 Å². The van der Waals surface area contributed by atoms with Gasteiger partial charge in [0.15, 0.2) is 0 Å². The zero-order chi connectivity index (χ0) is 15.5. The fraction of sp³-hybridized carbons (Fsp3) is 0.471. The van der Waals surface area contributed by atoms with Gasteiger partial charge in [-0.2, -0.15) is 0 Å². The van der Waals surface area contributed by atoms with E-state index in [-0.39, 0.29) is 11.5 Å². The Morgan fingerprint density at radius 1 is 1.29 bits per heavy atom. The third kappa shape index (κ3) is 3.90. The lowest BCUT2D eigenvalue weighted by Crippen LogP contribution is -2.30. The third-order valence-electron chi connectivity index (χ3n) is 3.71. The Balaban J connectivity index is 2.21. The summed E-state index contributed by atoms with van der Waals surface area (Å²) in [5.41, 5.74) is 6.82. The van der Waals surface area contributed by atoms with Crippen molar-refractivity contribution in [2.24, 2.45) is 5.84 Å². The van der Waals surface area contributed by atoms with Gasteiger partial charge in [-0.3, -0.25) is 11.3 Å². The number of hydrogen-bond donors (Lipinski definition) is 2. The van der Waals surface area contributed by atoms with Crippen LogP contribution in [0.5, 0.6) is 0 Å².